The van der Waals surface area contributed by atoms with E-state index in [1.807, 2.05) is 60.7 Å². The van der Waals surface area contributed by atoms with Crippen LogP contribution in [0.4, 0.5) is 4.79 Å². The van der Waals surface area contributed by atoms with Crippen molar-refractivity contribution in [1.29, 1.82) is 0 Å². The lowest BCUT2D eigenvalue weighted by Crippen LogP contribution is -2.26. The second-order valence-corrected chi connectivity index (χ2v) is 4.25. The molecule has 100 valence electrons. The van der Waals surface area contributed by atoms with Gasteiger partial charge in [0, 0.05) is 22.5 Å². The average Bonchev–Trinajstić information content (AvgIpc) is 2.50. The monoisotopic (exact) mass is 266 g/mol. The molecule has 0 bridgehead atoms. The van der Waals surface area contributed by atoms with Gasteiger partial charge in [-0.15, -0.1) is 0 Å². The van der Waals surface area contributed by atoms with Crippen LogP contribution < -0.4 is 5.32 Å². The largest absolute Gasteiger partial charge is 0.350 e. The first kappa shape index (κ1) is 13.6. The number of hydrogen-bond donors (Lipinski definition) is 1. The minimum Gasteiger partial charge on any atom is -0.350 e. The first-order valence-electron chi connectivity index (χ1n) is 6.24. The molecule has 2 aromatic carbocycles. The lowest BCUT2D eigenvalue weighted by molar-refractivity contribution is 0.248. The van der Waals surface area contributed by atoms with Crippen molar-refractivity contribution in [2.24, 2.45) is 5.11 Å². The molecule has 0 saturated carbocycles. The number of urea groups is 1. The van der Waals surface area contributed by atoms with Gasteiger partial charge in [0.25, 0.3) is 0 Å². The van der Waals surface area contributed by atoms with Crippen molar-refractivity contribution in [3.8, 4) is 0 Å². The minimum atomic E-state index is -0.663. The summed E-state index contributed by atoms with van der Waals surface area (Å²) in [7, 11) is 0. The summed E-state index contributed by atoms with van der Waals surface area (Å²) in [6.45, 7) is 0.381. The zero-order chi connectivity index (χ0) is 14.2. The SMILES string of the molecule is [N-]=[N+]=NC(=O)NCC(c1ccccc1)c1ccccc1. The third-order valence-corrected chi connectivity index (χ3v) is 3.00. The predicted octanol–water partition coefficient (Wildman–Crippen LogP) is 3.84. The van der Waals surface area contributed by atoms with E-state index in [9.17, 15) is 4.79 Å². The van der Waals surface area contributed by atoms with E-state index in [0.717, 1.165) is 11.1 Å². The van der Waals surface area contributed by atoms with Gasteiger partial charge in [0.05, 0.1) is 0 Å². The number of hydrogen-bond acceptors (Lipinski definition) is 1. The number of carbonyl (C=O) groups is 1. The van der Waals surface area contributed by atoms with Gasteiger partial charge in [-0.2, -0.15) is 0 Å². The molecule has 0 spiro atoms. The average molecular weight is 266 g/mol. The molecule has 0 saturated heterocycles. The van der Waals surface area contributed by atoms with E-state index in [4.69, 9.17) is 5.53 Å². The summed E-state index contributed by atoms with van der Waals surface area (Å²) >= 11 is 0. The summed E-state index contributed by atoms with van der Waals surface area (Å²) < 4.78 is 0. The van der Waals surface area contributed by atoms with E-state index < -0.39 is 6.03 Å². The molecule has 1 N–H and O–H groups in total. The number of azide groups is 1. The Labute approximate surface area is 116 Å². The second-order valence-electron chi connectivity index (χ2n) is 4.25. The number of nitrogens with zero attached hydrogens (tertiary/aromatic N) is 3. The molecule has 0 fully saturated rings. The third-order valence-electron chi connectivity index (χ3n) is 3.00. The highest BCUT2D eigenvalue weighted by atomic mass is 16.2. The molecule has 0 aromatic heterocycles. The van der Waals surface area contributed by atoms with Crippen molar-refractivity contribution >= 4 is 6.03 Å². The van der Waals surface area contributed by atoms with E-state index in [1.54, 1.807) is 0 Å². The first-order chi connectivity index (χ1) is 9.81. The molecule has 0 atom stereocenters. The number of carbonyl (C=O) groups excluding carboxylic acids is 1. The normalized spacial score (nSPS) is 9.85. The third kappa shape index (κ3) is 3.60. The maximum absolute atomic E-state index is 11.3. The fraction of sp³-hybridized carbons (Fsp3) is 0.133. The molecule has 0 aliphatic carbocycles. The highest BCUT2D eigenvalue weighted by Crippen LogP contribution is 2.23. The molecule has 0 radical (unpaired) electrons. The van der Waals surface area contributed by atoms with E-state index >= 15 is 0 Å². The molecule has 20 heavy (non-hydrogen) atoms. The van der Waals surface area contributed by atoms with Crippen LogP contribution in [0.5, 0.6) is 0 Å². The van der Waals surface area contributed by atoms with Gasteiger partial charge >= 0.3 is 6.03 Å². The van der Waals surface area contributed by atoms with Crippen LogP contribution in [0.25, 0.3) is 10.4 Å². The lowest BCUT2D eigenvalue weighted by Gasteiger charge is -2.18. The summed E-state index contributed by atoms with van der Waals surface area (Å²) in [6, 6.07) is 19.1. The van der Waals surface area contributed by atoms with Crippen LogP contribution in [-0.2, 0) is 0 Å². The van der Waals surface area contributed by atoms with Gasteiger partial charge in [-0.25, -0.2) is 0 Å². The van der Waals surface area contributed by atoms with E-state index in [0.29, 0.717) is 6.54 Å². The number of nitrogens with one attached hydrogen (secondary N) is 1. The molecule has 2 amide bonds. The van der Waals surface area contributed by atoms with Crippen molar-refractivity contribution in [2.75, 3.05) is 6.54 Å². The van der Waals surface area contributed by atoms with Gasteiger partial charge in [-0.1, -0.05) is 60.7 Å². The van der Waals surface area contributed by atoms with Gasteiger partial charge in [0.15, 0.2) is 0 Å². The first-order valence-corrected chi connectivity index (χ1v) is 6.24. The Hall–Kier alpha value is -2.78. The molecule has 5 heteroatoms. The molecule has 0 heterocycles. The van der Waals surface area contributed by atoms with Crippen molar-refractivity contribution in [3.05, 3.63) is 82.2 Å². The second kappa shape index (κ2) is 6.97. The summed E-state index contributed by atoms with van der Waals surface area (Å²) in [6.07, 6.45) is 0. The Kier molecular flexibility index (Phi) is 4.76. The van der Waals surface area contributed by atoms with Crippen molar-refractivity contribution in [3.63, 3.8) is 0 Å². The predicted molar refractivity (Wildman–Crippen MR) is 77.3 cm³/mol. The Balaban J connectivity index is 2.21. The van der Waals surface area contributed by atoms with Crippen LogP contribution in [0.15, 0.2) is 65.8 Å². The van der Waals surface area contributed by atoms with Gasteiger partial charge in [0.2, 0.25) is 0 Å². The van der Waals surface area contributed by atoms with Gasteiger partial charge in [-0.05, 0) is 16.7 Å². The summed E-state index contributed by atoms with van der Waals surface area (Å²) in [5.74, 6) is 0.0234. The van der Waals surface area contributed by atoms with Crippen LogP contribution in [-0.4, -0.2) is 12.6 Å². The Bertz CT molecular complexity index is 567. The molecule has 0 aliphatic heterocycles. The molecule has 2 aromatic rings. The lowest BCUT2D eigenvalue weighted by atomic mass is 9.91. The van der Waals surface area contributed by atoms with E-state index in [-0.39, 0.29) is 5.92 Å². The van der Waals surface area contributed by atoms with Crippen LogP contribution in [0.3, 0.4) is 0 Å². The zero-order valence-corrected chi connectivity index (χ0v) is 10.8. The van der Waals surface area contributed by atoms with Crippen molar-refractivity contribution in [1.82, 2.24) is 5.32 Å². The van der Waals surface area contributed by atoms with E-state index in [1.165, 1.54) is 0 Å². The van der Waals surface area contributed by atoms with Crippen LogP contribution in [0.2, 0.25) is 0 Å². The topological polar surface area (TPSA) is 77.9 Å². The molecule has 5 nitrogen and oxygen atoms in total. The van der Waals surface area contributed by atoms with Crippen LogP contribution in [0, 0.1) is 0 Å². The van der Waals surface area contributed by atoms with Gasteiger partial charge in [0.1, 0.15) is 0 Å². The maximum Gasteiger partial charge on any atom is 0.308 e. The fourth-order valence-corrected chi connectivity index (χ4v) is 2.06. The smallest absolute Gasteiger partial charge is 0.308 e. The molecular weight excluding hydrogens is 252 g/mol. The molecule has 0 aliphatic rings. The number of rotatable bonds is 4. The summed E-state index contributed by atoms with van der Waals surface area (Å²) in [4.78, 5) is 13.8. The molecular formula is C15H14N4O. The quantitative estimate of drug-likeness (QED) is 0.509. The summed E-state index contributed by atoms with van der Waals surface area (Å²) in [5, 5.41) is 5.64. The maximum atomic E-state index is 11.3. The van der Waals surface area contributed by atoms with Crippen LogP contribution in [0.1, 0.15) is 17.0 Å². The van der Waals surface area contributed by atoms with E-state index in [2.05, 4.69) is 15.3 Å². The van der Waals surface area contributed by atoms with Crippen molar-refractivity contribution in [2.45, 2.75) is 5.92 Å². The number of amides is 2. The van der Waals surface area contributed by atoms with Gasteiger partial charge in [-0.3, -0.25) is 4.79 Å². The number of benzene rings is 2. The Morgan fingerprint density at radius 2 is 1.55 bits per heavy atom. The standard InChI is InChI=1S/C15H14N4O/c16-19-18-15(20)17-11-14(12-7-3-1-4-8-12)13-9-5-2-6-10-13/h1-10,14H,11H2,(H,17,20). The highest BCUT2D eigenvalue weighted by Gasteiger charge is 2.14. The minimum absolute atomic E-state index is 0.0234. The molecule has 2 rings (SSSR count). The zero-order valence-electron chi connectivity index (χ0n) is 10.8. The summed E-state index contributed by atoms with van der Waals surface area (Å²) in [5.41, 5.74) is 10.4. The van der Waals surface area contributed by atoms with Gasteiger partial charge < -0.3 is 5.32 Å². The highest BCUT2D eigenvalue weighted by molar-refractivity contribution is 5.74. The van der Waals surface area contributed by atoms with Crippen molar-refractivity contribution < 1.29 is 4.79 Å². The Morgan fingerprint density at radius 3 is 2.00 bits per heavy atom. The Morgan fingerprint density at radius 1 is 1.05 bits per heavy atom. The van der Waals surface area contributed by atoms with Crippen LogP contribution >= 0.6 is 0 Å². The molecule has 0 unspecified atom stereocenters. The fourth-order valence-electron chi connectivity index (χ4n) is 2.06.